The minimum absolute atomic E-state index is 0.707. The number of aromatic nitrogens is 2. The average molecular weight is 263 g/mol. The van der Waals surface area contributed by atoms with Crippen LogP contribution in [-0.4, -0.2) is 23.4 Å². The van der Waals surface area contributed by atoms with Crippen LogP contribution in [0.15, 0.2) is 12.4 Å². The molecule has 2 rings (SSSR count). The number of hydrogen-bond acceptors (Lipinski definition) is 2. The first kappa shape index (κ1) is 14.6. The minimum atomic E-state index is 0.707. The van der Waals surface area contributed by atoms with E-state index in [2.05, 4.69) is 48.4 Å². The summed E-state index contributed by atoms with van der Waals surface area (Å²) in [5.74, 6) is 2.42. The second kappa shape index (κ2) is 7.09. The van der Waals surface area contributed by atoms with Gasteiger partial charge in [0.25, 0.3) is 0 Å². The summed E-state index contributed by atoms with van der Waals surface area (Å²) in [5, 5.41) is 7.85. The summed E-state index contributed by atoms with van der Waals surface area (Å²) in [6.45, 7) is 6.58. The Hall–Kier alpha value is -0.830. The molecule has 0 saturated heterocycles. The molecule has 3 atom stereocenters. The van der Waals surface area contributed by atoms with E-state index in [4.69, 9.17) is 0 Å². The first-order valence-corrected chi connectivity index (χ1v) is 7.95. The highest BCUT2D eigenvalue weighted by Crippen LogP contribution is 2.41. The van der Waals surface area contributed by atoms with Gasteiger partial charge in [0, 0.05) is 12.7 Å². The number of hydrogen-bond donors (Lipinski definition) is 1. The lowest BCUT2D eigenvalue weighted by Crippen LogP contribution is -2.30. The summed E-state index contributed by atoms with van der Waals surface area (Å²) in [7, 11) is 2.07. The highest BCUT2D eigenvalue weighted by molar-refractivity contribution is 5.14. The van der Waals surface area contributed by atoms with Crippen LogP contribution >= 0.6 is 0 Å². The fourth-order valence-corrected chi connectivity index (χ4v) is 3.65. The number of aryl methyl sites for hydroxylation is 1. The van der Waals surface area contributed by atoms with Crippen LogP contribution in [0.5, 0.6) is 0 Å². The van der Waals surface area contributed by atoms with Crippen LogP contribution < -0.4 is 5.32 Å². The van der Waals surface area contributed by atoms with Crippen LogP contribution in [0, 0.1) is 11.8 Å². The molecule has 3 nitrogen and oxygen atoms in total. The SMILES string of the molecule is CCCC1CCC(CNC)C(c2cnn(CC)c2)C1. The van der Waals surface area contributed by atoms with Gasteiger partial charge in [-0.1, -0.05) is 26.2 Å². The second-order valence-electron chi connectivity index (χ2n) is 6.02. The van der Waals surface area contributed by atoms with Gasteiger partial charge in [0.15, 0.2) is 0 Å². The molecular formula is C16H29N3. The fraction of sp³-hybridized carbons (Fsp3) is 0.812. The van der Waals surface area contributed by atoms with Gasteiger partial charge in [-0.15, -0.1) is 0 Å². The largest absolute Gasteiger partial charge is 0.319 e. The summed E-state index contributed by atoms with van der Waals surface area (Å²) in [6, 6.07) is 0. The smallest absolute Gasteiger partial charge is 0.0524 e. The molecule has 19 heavy (non-hydrogen) atoms. The summed E-state index contributed by atoms with van der Waals surface area (Å²) >= 11 is 0. The van der Waals surface area contributed by atoms with Crippen molar-refractivity contribution in [2.45, 2.75) is 58.4 Å². The van der Waals surface area contributed by atoms with Crippen molar-refractivity contribution in [1.29, 1.82) is 0 Å². The van der Waals surface area contributed by atoms with Crippen molar-refractivity contribution in [3.63, 3.8) is 0 Å². The quantitative estimate of drug-likeness (QED) is 0.852. The van der Waals surface area contributed by atoms with Gasteiger partial charge >= 0.3 is 0 Å². The molecule has 1 aliphatic carbocycles. The molecule has 1 N–H and O–H groups in total. The Kier molecular flexibility index (Phi) is 5.44. The van der Waals surface area contributed by atoms with Crippen molar-refractivity contribution in [1.82, 2.24) is 15.1 Å². The Morgan fingerprint density at radius 3 is 2.84 bits per heavy atom. The lowest BCUT2D eigenvalue weighted by Gasteiger charge is -2.36. The molecule has 0 bridgehead atoms. The minimum Gasteiger partial charge on any atom is -0.319 e. The predicted molar refractivity (Wildman–Crippen MR) is 80.3 cm³/mol. The number of nitrogens with zero attached hydrogens (tertiary/aromatic N) is 2. The van der Waals surface area contributed by atoms with E-state index in [0.717, 1.165) is 24.9 Å². The monoisotopic (exact) mass is 263 g/mol. The highest BCUT2D eigenvalue weighted by atomic mass is 15.3. The molecule has 1 heterocycles. The zero-order chi connectivity index (χ0) is 13.7. The first-order valence-electron chi connectivity index (χ1n) is 7.95. The molecular weight excluding hydrogens is 234 g/mol. The third-order valence-electron chi connectivity index (χ3n) is 4.67. The number of rotatable bonds is 6. The van der Waals surface area contributed by atoms with E-state index >= 15 is 0 Å². The highest BCUT2D eigenvalue weighted by Gasteiger charge is 2.31. The Morgan fingerprint density at radius 2 is 2.21 bits per heavy atom. The van der Waals surface area contributed by atoms with Gasteiger partial charge in [0.2, 0.25) is 0 Å². The van der Waals surface area contributed by atoms with Crippen molar-refractivity contribution in [3.8, 4) is 0 Å². The first-order chi connectivity index (χ1) is 9.28. The van der Waals surface area contributed by atoms with E-state index in [1.165, 1.54) is 37.7 Å². The predicted octanol–water partition coefficient (Wildman–Crippen LogP) is 3.42. The summed E-state index contributed by atoms with van der Waals surface area (Å²) in [4.78, 5) is 0. The van der Waals surface area contributed by atoms with Gasteiger partial charge in [-0.25, -0.2) is 0 Å². The van der Waals surface area contributed by atoms with E-state index in [1.807, 2.05) is 0 Å². The Balaban J connectivity index is 2.10. The van der Waals surface area contributed by atoms with Crippen molar-refractivity contribution < 1.29 is 0 Å². The van der Waals surface area contributed by atoms with Crippen LogP contribution in [0.3, 0.4) is 0 Å². The summed E-state index contributed by atoms with van der Waals surface area (Å²) < 4.78 is 2.06. The molecule has 1 aliphatic rings. The van der Waals surface area contributed by atoms with Gasteiger partial charge in [-0.3, -0.25) is 4.68 Å². The fourth-order valence-electron chi connectivity index (χ4n) is 3.65. The van der Waals surface area contributed by atoms with E-state index in [1.54, 1.807) is 0 Å². The molecule has 1 aromatic rings. The van der Waals surface area contributed by atoms with Gasteiger partial charge < -0.3 is 5.32 Å². The average Bonchev–Trinajstić information content (AvgIpc) is 2.90. The van der Waals surface area contributed by atoms with Crippen molar-refractivity contribution in [2.24, 2.45) is 11.8 Å². The van der Waals surface area contributed by atoms with Gasteiger partial charge in [0.1, 0.15) is 0 Å². The zero-order valence-corrected chi connectivity index (χ0v) is 12.7. The zero-order valence-electron chi connectivity index (χ0n) is 12.7. The molecule has 0 amide bonds. The molecule has 1 fully saturated rings. The van der Waals surface area contributed by atoms with Crippen molar-refractivity contribution in [2.75, 3.05) is 13.6 Å². The number of nitrogens with one attached hydrogen (secondary N) is 1. The molecule has 0 aliphatic heterocycles. The van der Waals surface area contributed by atoms with E-state index in [9.17, 15) is 0 Å². The Morgan fingerprint density at radius 1 is 1.37 bits per heavy atom. The lowest BCUT2D eigenvalue weighted by molar-refractivity contribution is 0.223. The summed E-state index contributed by atoms with van der Waals surface area (Å²) in [5.41, 5.74) is 1.46. The van der Waals surface area contributed by atoms with E-state index in [-0.39, 0.29) is 0 Å². The maximum absolute atomic E-state index is 4.47. The molecule has 108 valence electrons. The van der Waals surface area contributed by atoms with Crippen LogP contribution in [-0.2, 0) is 6.54 Å². The van der Waals surface area contributed by atoms with Crippen LogP contribution in [0.4, 0.5) is 0 Å². The molecule has 0 radical (unpaired) electrons. The van der Waals surface area contributed by atoms with Crippen LogP contribution in [0.2, 0.25) is 0 Å². The third kappa shape index (κ3) is 3.59. The molecule has 0 aromatic carbocycles. The van der Waals surface area contributed by atoms with E-state index < -0.39 is 0 Å². The van der Waals surface area contributed by atoms with Crippen LogP contribution in [0.25, 0.3) is 0 Å². The third-order valence-corrected chi connectivity index (χ3v) is 4.67. The lowest BCUT2D eigenvalue weighted by atomic mass is 9.70. The topological polar surface area (TPSA) is 29.9 Å². The van der Waals surface area contributed by atoms with Crippen LogP contribution in [0.1, 0.15) is 57.4 Å². The Labute approximate surface area is 117 Å². The van der Waals surface area contributed by atoms with E-state index in [0.29, 0.717) is 5.92 Å². The van der Waals surface area contributed by atoms with Gasteiger partial charge in [-0.05, 0) is 56.7 Å². The normalized spacial score (nSPS) is 27.6. The molecule has 3 unspecified atom stereocenters. The van der Waals surface area contributed by atoms with Gasteiger partial charge in [-0.2, -0.15) is 5.10 Å². The molecule has 1 aromatic heterocycles. The molecule has 3 heteroatoms. The maximum Gasteiger partial charge on any atom is 0.0524 e. The maximum atomic E-state index is 4.47. The Bertz CT molecular complexity index is 372. The van der Waals surface area contributed by atoms with Gasteiger partial charge in [0.05, 0.1) is 6.20 Å². The van der Waals surface area contributed by atoms with Crippen molar-refractivity contribution >= 4 is 0 Å². The molecule has 1 saturated carbocycles. The summed E-state index contributed by atoms with van der Waals surface area (Å²) in [6.07, 6.45) is 11.2. The van der Waals surface area contributed by atoms with Crippen molar-refractivity contribution in [3.05, 3.63) is 18.0 Å². The standard InChI is InChI=1S/C16H29N3/c1-4-6-13-7-8-14(10-17-3)16(9-13)15-11-18-19(5-2)12-15/h11-14,16-17H,4-10H2,1-3H3. The molecule has 0 spiro atoms. The second-order valence-corrected chi connectivity index (χ2v) is 6.02.